The highest BCUT2D eigenvalue weighted by molar-refractivity contribution is 5.59. The van der Waals surface area contributed by atoms with Gasteiger partial charge in [-0.2, -0.15) is 5.10 Å². The normalized spacial score (nSPS) is 27.2. The highest BCUT2D eigenvalue weighted by Crippen LogP contribution is 2.02. The summed E-state index contributed by atoms with van der Waals surface area (Å²) in [5.41, 5.74) is 0. The van der Waals surface area contributed by atoms with Crippen LogP contribution in [0.2, 0.25) is 0 Å². The Balaban J connectivity index is 2.38. The minimum Gasteiger partial charge on any atom is -0.299 e. The van der Waals surface area contributed by atoms with E-state index in [0.717, 1.165) is 6.42 Å². The van der Waals surface area contributed by atoms with Crippen LogP contribution in [0.3, 0.4) is 0 Å². The summed E-state index contributed by atoms with van der Waals surface area (Å²) < 4.78 is 0. The van der Waals surface area contributed by atoms with Crippen LogP contribution in [0, 0.1) is 0 Å². The van der Waals surface area contributed by atoms with Gasteiger partial charge in [0.25, 0.3) is 0 Å². The van der Waals surface area contributed by atoms with E-state index < -0.39 is 0 Å². The van der Waals surface area contributed by atoms with Crippen molar-refractivity contribution in [3.8, 4) is 0 Å². The molecule has 1 N–H and O–H groups in total. The SMILES string of the molecule is CNC1CC=NN1C. The van der Waals surface area contributed by atoms with E-state index in [2.05, 4.69) is 10.4 Å². The molecule has 1 atom stereocenters. The van der Waals surface area contributed by atoms with E-state index >= 15 is 0 Å². The number of rotatable bonds is 1. The summed E-state index contributed by atoms with van der Waals surface area (Å²) in [6.07, 6.45) is 3.36. The Kier molecular flexibility index (Phi) is 1.48. The van der Waals surface area contributed by atoms with Crippen molar-refractivity contribution in [3.63, 3.8) is 0 Å². The van der Waals surface area contributed by atoms with Crippen LogP contribution in [0.25, 0.3) is 0 Å². The third-order valence-electron chi connectivity index (χ3n) is 1.38. The Bertz CT molecular complexity index is 99.8. The summed E-state index contributed by atoms with van der Waals surface area (Å²) in [6.45, 7) is 0. The zero-order valence-electron chi connectivity index (χ0n) is 5.26. The van der Waals surface area contributed by atoms with Crippen molar-refractivity contribution < 1.29 is 0 Å². The van der Waals surface area contributed by atoms with Crippen molar-refractivity contribution in [3.05, 3.63) is 0 Å². The largest absolute Gasteiger partial charge is 0.299 e. The first-order chi connectivity index (χ1) is 3.84. The van der Waals surface area contributed by atoms with Gasteiger partial charge in [-0.25, -0.2) is 0 Å². The molecule has 46 valence electrons. The Morgan fingerprint density at radius 3 is 2.88 bits per heavy atom. The van der Waals surface area contributed by atoms with E-state index in [1.165, 1.54) is 0 Å². The average molecular weight is 113 g/mol. The zero-order chi connectivity index (χ0) is 5.98. The molecule has 0 aromatic carbocycles. The lowest BCUT2D eigenvalue weighted by atomic mass is 10.4. The van der Waals surface area contributed by atoms with Gasteiger partial charge in [0.15, 0.2) is 0 Å². The summed E-state index contributed by atoms with van der Waals surface area (Å²) in [7, 11) is 3.90. The number of hydrogen-bond acceptors (Lipinski definition) is 3. The summed E-state index contributed by atoms with van der Waals surface area (Å²) in [5, 5.41) is 9.07. The summed E-state index contributed by atoms with van der Waals surface area (Å²) in [6, 6.07) is 0. The van der Waals surface area contributed by atoms with E-state index in [9.17, 15) is 0 Å². The van der Waals surface area contributed by atoms with E-state index in [1.54, 1.807) is 0 Å². The molecule has 0 aromatic rings. The number of hydrazone groups is 1. The number of hydrogen-bond donors (Lipinski definition) is 1. The van der Waals surface area contributed by atoms with Gasteiger partial charge in [0, 0.05) is 19.7 Å². The second-order valence-electron chi connectivity index (χ2n) is 1.91. The second kappa shape index (κ2) is 2.13. The van der Waals surface area contributed by atoms with E-state index in [-0.39, 0.29) is 0 Å². The molecule has 0 aliphatic carbocycles. The van der Waals surface area contributed by atoms with Gasteiger partial charge in [0.2, 0.25) is 0 Å². The molecule has 8 heavy (non-hydrogen) atoms. The molecular weight excluding hydrogens is 102 g/mol. The van der Waals surface area contributed by atoms with Crippen LogP contribution in [-0.2, 0) is 0 Å². The smallest absolute Gasteiger partial charge is 0.101 e. The monoisotopic (exact) mass is 113 g/mol. The van der Waals surface area contributed by atoms with Gasteiger partial charge in [-0.1, -0.05) is 0 Å². The third kappa shape index (κ3) is 0.816. The maximum Gasteiger partial charge on any atom is 0.101 e. The van der Waals surface area contributed by atoms with Gasteiger partial charge in [0.05, 0.1) is 0 Å². The Labute approximate surface area is 49.4 Å². The Morgan fingerprint density at radius 2 is 2.62 bits per heavy atom. The molecule has 1 heterocycles. The minimum atomic E-state index is 0.426. The first-order valence-corrected chi connectivity index (χ1v) is 2.77. The molecular formula is C5H11N3. The molecule has 1 rings (SSSR count). The predicted molar refractivity (Wildman–Crippen MR) is 33.7 cm³/mol. The lowest BCUT2D eigenvalue weighted by Gasteiger charge is -2.16. The van der Waals surface area contributed by atoms with Crippen LogP contribution in [0.1, 0.15) is 6.42 Å². The van der Waals surface area contributed by atoms with Crippen LogP contribution in [0.4, 0.5) is 0 Å². The van der Waals surface area contributed by atoms with Crippen molar-refractivity contribution in [2.24, 2.45) is 5.10 Å². The van der Waals surface area contributed by atoms with Crippen molar-refractivity contribution in [2.45, 2.75) is 12.6 Å². The van der Waals surface area contributed by atoms with E-state index in [1.807, 2.05) is 25.3 Å². The molecule has 3 nitrogen and oxygen atoms in total. The van der Waals surface area contributed by atoms with Crippen molar-refractivity contribution in [1.82, 2.24) is 10.3 Å². The summed E-state index contributed by atoms with van der Waals surface area (Å²) in [4.78, 5) is 0. The third-order valence-corrected chi connectivity index (χ3v) is 1.38. The lowest BCUT2D eigenvalue weighted by molar-refractivity contribution is 0.254. The quantitative estimate of drug-likeness (QED) is 0.512. The van der Waals surface area contributed by atoms with Crippen LogP contribution in [-0.4, -0.2) is 31.5 Å². The Hall–Kier alpha value is -0.570. The fraction of sp³-hybridized carbons (Fsp3) is 0.800. The molecule has 1 aliphatic heterocycles. The van der Waals surface area contributed by atoms with E-state index in [4.69, 9.17) is 0 Å². The Morgan fingerprint density at radius 1 is 1.88 bits per heavy atom. The molecule has 0 bridgehead atoms. The van der Waals surface area contributed by atoms with Crippen molar-refractivity contribution in [1.29, 1.82) is 0 Å². The van der Waals surface area contributed by atoms with E-state index in [0.29, 0.717) is 6.17 Å². The molecule has 0 fully saturated rings. The summed E-state index contributed by atoms with van der Waals surface area (Å²) in [5.74, 6) is 0. The molecule has 0 aromatic heterocycles. The van der Waals surface area contributed by atoms with Crippen LogP contribution >= 0.6 is 0 Å². The molecule has 0 saturated carbocycles. The second-order valence-corrected chi connectivity index (χ2v) is 1.91. The number of nitrogens with zero attached hydrogens (tertiary/aromatic N) is 2. The van der Waals surface area contributed by atoms with Crippen LogP contribution in [0.15, 0.2) is 5.10 Å². The predicted octanol–water partition coefficient (Wildman–Crippen LogP) is -0.147. The molecule has 0 amide bonds. The zero-order valence-corrected chi connectivity index (χ0v) is 5.26. The topological polar surface area (TPSA) is 27.6 Å². The van der Waals surface area contributed by atoms with Crippen LogP contribution < -0.4 is 5.32 Å². The maximum atomic E-state index is 4.03. The average Bonchev–Trinajstić information content (AvgIpc) is 2.14. The minimum absolute atomic E-state index is 0.426. The van der Waals surface area contributed by atoms with Crippen LogP contribution in [0.5, 0.6) is 0 Å². The van der Waals surface area contributed by atoms with Gasteiger partial charge in [0.1, 0.15) is 6.17 Å². The molecule has 0 radical (unpaired) electrons. The lowest BCUT2D eigenvalue weighted by Crippen LogP contribution is -2.34. The fourth-order valence-corrected chi connectivity index (χ4v) is 0.813. The number of nitrogens with one attached hydrogen (secondary N) is 1. The molecule has 3 heteroatoms. The maximum absolute atomic E-state index is 4.03. The molecule has 1 unspecified atom stereocenters. The first-order valence-electron chi connectivity index (χ1n) is 2.77. The van der Waals surface area contributed by atoms with Gasteiger partial charge < -0.3 is 0 Å². The van der Waals surface area contributed by atoms with Crippen molar-refractivity contribution in [2.75, 3.05) is 14.1 Å². The van der Waals surface area contributed by atoms with Gasteiger partial charge in [-0.05, 0) is 7.05 Å². The molecule has 0 saturated heterocycles. The van der Waals surface area contributed by atoms with Gasteiger partial charge >= 0.3 is 0 Å². The molecule has 0 spiro atoms. The fourth-order valence-electron chi connectivity index (χ4n) is 0.813. The van der Waals surface area contributed by atoms with Gasteiger partial charge in [-0.3, -0.25) is 10.3 Å². The standard InChI is InChI=1S/C5H11N3/c1-6-5-3-4-7-8(5)2/h4-6H,3H2,1-2H3. The first kappa shape index (κ1) is 5.56. The van der Waals surface area contributed by atoms with Gasteiger partial charge in [-0.15, -0.1) is 0 Å². The highest BCUT2D eigenvalue weighted by atomic mass is 15.5. The van der Waals surface area contributed by atoms with Crippen molar-refractivity contribution >= 4 is 6.21 Å². The molecule has 1 aliphatic rings. The summed E-state index contributed by atoms with van der Waals surface area (Å²) >= 11 is 0. The highest BCUT2D eigenvalue weighted by Gasteiger charge is 2.12.